The number of benzene rings is 3. The number of nitrogens with zero attached hydrogens (tertiary/aromatic N) is 3. The summed E-state index contributed by atoms with van der Waals surface area (Å²) >= 11 is 7.35. The van der Waals surface area contributed by atoms with Crippen molar-refractivity contribution in [2.45, 2.75) is 18.7 Å². The van der Waals surface area contributed by atoms with E-state index in [0.717, 1.165) is 22.7 Å². The molecule has 1 aromatic heterocycles. The van der Waals surface area contributed by atoms with Gasteiger partial charge in [-0.2, -0.15) is 0 Å². The number of halogens is 1. The zero-order valence-electron chi connectivity index (χ0n) is 18.7. The zero-order chi connectivity index (χ0) is 23.9. The van der Waals surface area contributed by atoms with Crippen LogP contribution in [0.3, 0.4) is 0 Å². The Labute approximate surface area is 207 Å². The smallest absolute Gasteiger partial charge is 0.234 e. The molecule has 0 saturated heterocycles. The molecule has 0 aliphatic carbocycles. The lowest BCUT2D eigenvalue weighted by Gasteiger charge is -2.12. The maximum Gasteiger partial charge on any atom is 0.234 e. The summed E-state index contributed by atoms with van der Waals surface area (Å²) in [7, 11) is 1.62. The first kappa shape index (κ1) is 23.7. The second-order valence-electron chi connectivity index (χ2n) is 7.33. The Morgan fingerprint density at radius 2 is 1.79 bits per heavy atom. The second-order valence-corrected chi connectivity index (χ2v) is 8.71. The SMILES string of the molecule is COc1ccc(-n2c(COc3ccccc3)nnc2SCC(=O)Nc2cc(Cl)ccc2C)cc1. The Bertz CT molecular complexity index is 1260. The number of anilines is 1. The highest BCUT2D eigenvalue weighted by Gasteiger charge is 2.17. The standard InChI is InChI=1S/C25H23ClN4O3S/c1-17-8-9-18(26)14-22(17)27-24(31)16-34-25-29-28-23(15-33-21-6-4-3-5-7-21)30(25)19-10-12-20(32-2)13-11-19/h3-14H,15-16H2,1-2H3,(H,27,31). The van der Waals surface area contributed by atoms with Gasteiger partial charge in [0.25, 0.3) is 0 Å². The molecule has 1 N–H and O–H groups in total. The highest BCUT2D eigenvalue weighted by Crippen LogP contribution is 2.26. The van der Waals surface area contributed by atoms with E-state index < -0.39 is 0 Å². The number of aromatic nitrogens is 3. The van der Waals surface area contributed by atoms with E-state index >= 15 is 0 Å². The van der Waals surface area contributed by atoms with Gasteiger partial charge in [0.1, 0.15) is 18.1 Å². The van der Waals surface area contributed by atoms with Gasteiger partial charge in [0.05, 0.1) is 12.9 Å². The number of amides is 1. The summed E-state index contributed by atoms with van der Waals surface area (Å²) in [5.74, 6) is 2.07. The molecule has 4 aromatic rings. The molecule has 7 nitrogen and oxygen atoms in total. The number of para-hydroxylation sites is 1. The van der Waals surface area contributed by atoms with Crippen LogP contribution in [-0.4, -0.2) is 33.5 Å². The van der Waals surface area contributed by atoms with Gasteiger partial charge in [-0.25, -0.2) is 0 Å². The number of nitrogens with one attached hydrogen (secondary N) is 1. The number of thioether (sulfide) groups is 1. The van der Waals surface area contributed by atoms with Gasteiger partial charge in [-0.3, -0.25) is 9.36 Å². The van der Waals surface area contributed by atoms with E-state index in [1.807, 2.05) is 72.2 Å². The zero-order valence-corrected chi connectivity index (χ0v) is 20.3. The molecule has 0 radical (unpaired) electrons. The summed E-state index contributed by atoms with van der Waals surface area (Å²) < 4.78 is 13.0. The van der Waals surface area contributed by atoms with E-state index in [1.54, 1.807) is 19.2 Å². The normalized spacial score (nSPS) is 10.7. The molecule has 0 aliphatic heterocycles. The number of aryl methyl sites for hydroxylation is 1. The van der Waals surface area contributed by atoms with Gasteiger partial charge in [-0.15, -0.1) is 10.2 Å². The molecule has 0 fully saturated rings. The van der Waals surface area contributed by atoms with Crippen LogP contribution in [0.15, 0.2) is 78.0 Å². The van der Waals surface area contributed by atoms with E-state index in [4.69, 9.17) is 21.1 Å². The number of methoxy groups -OCH3 is 1. The molecule has 0 bridgehead atoms. The van der Waals surface area contributed by atoms with E-state index in [1.165, 1.54) is 11.8 Å². The number of hydrogen-bond donors (Lipinski definition) is 1. The molecule has 4 rings (SSSR count). The Balaban J connectivity index is 1.52. The predicted molar refractivity (Wildman–Crippen MR) is 134 cm³/mol. The van der Waals surface area contributed by atoms with Crippen molar-refractivity contribution in [1.82, 2.24) is 14.8 Å². The van der Waals surface area contributed by atoms with E-state index in [2.05, 4.69) is 15.5 Å². The number of carbonyl (C=O) groups excluding carboxylic acids is 1. The van der Waals surface area contributed by atoms with Gasteiger partial charge >= 0.3 is 0 Å². The largest absolute Gasteiger partial charge is 0.497 e. The van der Waals surface area contributed by atoms with Crippen LogP contribution in [-0.2, 0) is 11.4 Å². The Morgan fingerprint density at radius 1 is 1.03 bits per heavy atom. The van der Waals surface area contributed by atoms with Crippen molar-refractivity contribution in [3.05, 3.63) is 89.2 Å². The maximum atomic E-state index is 12.6. The van der Waals surface area contributed by atoms with E-state index in [9.17, 15) is 4.79 Å². The fraction of sp³-hybridized carbons (Fsp3) is 0.160. The molecule has 34 heavy (non-hydrogen) atoms. The minimum atomic E-state index is -0.165. The van der Waals surface area contributed by atoms with Crippen LogP contribution in [0.5, 0.6) is 11.5 Å². The van der Waals surface area contributed by atoms with Crippen LogP contribution in [0.25, 0.3) is 5.69 Å². The van der Waals surface area contributed by atoms with Crippen LogP contribution in [0.1, 0.15) is 11.4 Å². The average molecular weight is 495 g/mol. The second kappa shape index (κ2) is 11.1. The van der Waals surface area contributed by atoms with Crippen molar-refractivity contribution < 1.29 is 14.3 Å². The van der Waals surface area contributed by atoms with Gasteiger partial charge in [-0.05, 0) is 61.0 Å². The van der Waals surface area contributed by atoms with Crippen molar-refractivity contribution >= 4 is 35.0 Å². The molecule has 1 amide bonds. The van der Waals surface area contributed by atoms with Crippen LogP contribution in [0.2, 0.25) is 5.02 Å². The Morgan fingerprint density at radius 3 is 2.53 bits per heavy atom. The van der Waals surface area contributed by atoms with Crippen LogP contribution >= 0.6 is 23.4 Å². The summed E-state index contributed by atoms with van der Waals surface area (Å²) in [5, 5.41) is 12.7. The number of rotatable bonds is 9. The first-order valence-electron chi connectivity index (χ1n) is 10.5. The lowest BCUT2D eigenvalue weighted by atomic mass is 10.2. The van der Waals surface area contributed by atoms with Gasteiger partial charge in [0.2, 0.25) is 5.91 Å². The van der Waals surface area contributed by atoms with Crippen LogP contribution < -0.4 is 14.8 Å². The predicted octanol–water partition coefficient (Wildman–Crippen LogP) is 5.55. The lowest BCUT2D eigenvalue weighted by molar-refractivity contribution is -0.113. The molecule has 0 aliphatic rings. The van der Waals surface area contributed by atoms with Gasteiger partial charge in [0, 0.05) is 16.4 Å². The van der Waals surface area contributed by atoms with Crippen molar-refractivity contribution in [3.63, 3.8) is 0 Å². The molecular formula is C25H23ClN4O3S. The first-order valence-corrected chi connectivity index (χ1v) is 11.8. The molecule has 3 aromatic carbocycles. The van der Waals surface area contributed by atoms with Crippen LogP contribution in [0.4, 0.5) is 5.69 Å². The summed E-state index contributed by atoms with van der Waals surface area (Å²) in [6, 6.07) is 22.4. The van der Waals surface area contributed by atoms with Crippen LogP contribution in [0, 0.1) is 6.92 Å². The number of hydrogen-bond acceptors (Lipinski definition) is 6. The molecule has 0 saturated carbocycles. The Hall–Kier alpha value is -3.49. The van der Waals surface area contributed by atoms with Crippen molar-refractivity contribution in [2.75, 3.05) is 18.2 Å². The quantitative estimate of drug-likeness (QED) is 0.307. The summed E-state index contributed by atoms with van der Waals surface area (Å²) in [6.07, 6.45) is 0. The van der Waals surface area contributed by atoms with E-state index in [-0.39, 0.29) is 18.3 Å². The van der Waals surface area contributed by atoms with Crippen molar-refractivity contribution in [3.8, 4) is 17.2 Å². The molecule has 174 valence electrons. The molecular weight excluding hydrogens is 472 g/mol. The van der Waals surface area contributed by atoms with E-state index in [0.29, 0.717) is 21.7 Å². The average Bonchev–Trinajstić information content (AvgIpc) is 3.27. The highest BCUT2D eigenvalue weighted by molar-refractivity contribution is 7.99. The molecule has 0 atom stereocenters. The summed E-state index contributed by atoms with van der Waals surface area (Å²) in [6.45, 7) is 2.13. The van der Waals surface area contributed by atoms with Gasteiger partial charge in [-0.1, -0.05) is 47.6 Å². The van der Waals surface area contributed by atoms with Gasteiger partial charge in [0.15, 0.2) is 11.0 Å². The topological polar surface area (TPSA) is 78.3 Å². The third kappa shape index (κ3) is 5.89. The molecule has 0 spiro atoms. The highest BCUT2D eigenvalue weighted by atomic mass is 35.5. The lowest BCUT2D eigenvalue weighted by Crippen LogP contribution is -2.15. The third-order valence-electron chi connectivity index (χ3n) is 4.95. The number of carbonyl (C=O) groups is 1. The summed E-state index contributed by atoms with van der Waals surface area (Å²) in [4.78, 5) is 12.6. The monoisotopic (exact) mass is 494 g/mol. The summed E-state index contributed by atoms with van der Waals surface area (Å²) in [5.41, 5.74) is 2.46. The molecule has 1 heterocycles. The minimum absolute atomic E-state index is 0.153. The van der Waals surface area contributed by atoms with Gasteiger partial charge < -0.3 is 14.8 Å². The minimum Gasteiger partial charge on any atom is -0.497 e. The maximum absolute atomic E-state index is 12.6. The van der Waals surface area contributed by atoms with Crippen molar-refractivity contribution in [2.24, 2.45) is 0 Å². The first-order chi connectivity index (χ1) is 16.5. The molecule has 0 unspecified atom stereocenters. The number of ether oxygens (including phenoxy) is 2. The van der Waals surface area contributed by atoms with Crippen molar-refractivity contribution in [1.29, 1.82) is 0 Å². The Kier molecular flexibility index (Phi) is 7.72. The third-order valence-corrected chi connectivity index (χ3v) is 6.11. The fourth-order valence-electron chi connectivity index (χ4n) is 3.19. The fourth-order valence-corrected chi connectivity index (χ4v) is 4.13. The molecule has 9 heteroatoms.